The molecule has 0 atom stereocenters. The number of aryl methyl sites for hydroxylation is 2. The van der Waals surface area contributed by atoms with E-state index >= 15 is 0 Å². The molecule has 3 aromatic rings. The van der Waals surface area contributed by atoms with Crippen molar-refractivity contribution < 1.29 is 0 Å². The van der Waals surface area contributed by atoms with Crippen LogP contribution in [0.3, 0.4) is 0 Å². The molecule has 0 amide bonds. The Morgan fingerprint density at radius 1 is 1.19 bits per heavy atom. The summed E-state index contributed by atoms with van der Waals surface area (Å²) in [5.74, 6) is 0. The van der Waals surface area contributed by atoms with Crippen molar-refractivity contribution >= 4 is 22.5 Å². The van der Waals surface area contributed by atoms with Gasteiger partial charge in [-0.1, -0.05) is 17.7 Å². The Labute approximate surface area is 157 Å². The summed E-state index contributed by atoms with van der Waals surface area (Å²) in [6.07, 6.45) is 6.30. The van der Waals surface area contributed by atoms with Crippen LogP contribution in [0.4, 0.5) is 0 Å². The average molecular weight is 368 g/mol. The molecule has 1 fully saturated rings. The fraction of sp³-hybridized carbons (Fsp3) is 0.381. The summed E-state index contributed by atoms with van der Waals surface area (Å²) in [4.78, 5) is 12.0. The number of nitrogens with zero attached hydrogens (tertiary/aromatic N) is 2. The molecule has 134 valence electrons. The van der Waals surface area contributed by atoms with Crippen LogP contribution in [0.5, 0.6) is 0 Å². The third kappa shape index (κ3) is 2.78. The van der Waals surface area contributed by atoms with Gasteiger partial charge in [0, 0.05) is 66.0 Å². The molecule has 2 aliphatic rings. The molecule has 26 heavy (non-hydrogen) atoms. The number of hydrogen-bond acceptors (Lipinski definition) is 2. The van der Waals surface area contributed by atoms with Crippen molar-refractivity contribution in [1.29, 1.82) is 0 Å². The molecule has 0 radical (unpaired) electrons. The van der Waals surface area contributed by atoms with E-state index in [9.17, 15) is 4.79 Å². The Morgan fingerprint density at radius 2 is 2.08 bits per heavy atom. The van der Waals surface area contributed by atoms with Gasteiger partial charge in [0.15, 0.2) is 0 Å². The third-order valence-electron chi connectivity index (χ3n) is 5.65. The van der Waals surface area contributed by atoms with E-state index in [1.165, 1.54) is 27.7 Å². The predicted octanol–water partition coefficient (Wildman–Crippen LogP) is 3.68. The third-order valence-corrected chi connectivity index (χ3v) is 5.89. The lowest BCUT2D eigenvalue weighted by Crippen LogP contribution is -2.25. The van der Waals surface area contributed by atoms with Crippen LogP contribution in [-0.2, 0) is 25.9 Å². The molecule has 1 aliphatic carbocycles. The number of nitrogens with one attached hydrogen (secondary N) is 1. The van der Waals surface area contributed by atoms with E-state index in [0.29, 0.717) is 6.04 Å². The van der Waals surface area contributed by atoms with E-state index in [4.69, 9.17) is 11.6 Å². The summed E-state index contributed by atoms with van der Waals surface area (Å²) < 4.78 is 4.37. The van der Waals surface area contributed by atoms with Crippen LogP contribution in [0.25, 0.3) is 10.9 Å². The molecule has 1 aliphatic heterocycles. The first-order valence-electron chi connectivity index (χ1n) is 9.42. The lowest BCUT2D eigenvalue weighted by atomic mass is 10.1. The Hall–Kier alpha value is -2.04. The maximum absolute atomic E-state index is 12.0. The highest BCUT2D eigenvalue weighted by atomic mass is 35.5. The molecule has 5 heteroatoms. The summed E-state index contributed by atoms with van der Waals surface area (Å²) in [6.45, 7) is 2.85. The van der Waals surface area contributed by atoms with E-state index in [-0.39, 0.29) is 5.56 Å². The molecule has 1 N–H and O–H groups in total. The zero-order valence-electron chi connectivity index (χ0n) is 14.7. The van der Waals surface area contributed by atoms with Crippen LogP contribution in [0.2, 0.25) is 5.02 Å². The van der Waals surface area contributed by atoms with Crippen molar-refractivity contribution in [2.75, 3.05) is 6.54 Å². The standard InChI is InChI=1S/C21H22ClN3O/c22-15-2-5-19-17(11-15)18-12-23-9-7-20(18)24(19)10-8-14-1-6-21(26)25(13-14)16-3-4-16/h1-2,5-6,11,13,16,23H,3-4,7-10,12H2. The van der Waals surface area contributed by atoms with E-state index < -0.39 is 0 Å². The Morgan fingerprint density at radius 3 is 2.92 bits per heavy atom. The summed E-state index contributed by atoms with van der Waals surface area (Å²) in [6, 6.07) is 10.3. The predicted molar refractivity (Wildman–Crippen MR) is 105 cm³/mol. The fourth-order valence-corrected chi connectivity index (χ4v) is 4.36. The Bertz CT molecular complexity index is 1050. The number of fused-ring (bicyclic) bond motifs is 3. The highest BCUT2D eigenvalue weighted by molar-refractivity contribution is 6.31. The van der Waals surface area contributed by atoms with Crippen molar-refractivity contribution in [3.05, 3.63) is 68.7 Å². The highest BCUT2D eigenvalue weighted by Crippen LogP contribution is 2.34. The molecule has 0 bridgehead atoms. The van der Waals surface area contributed by atoms with E-state index in [0.717, 1.165) is 50.3 Å². The minimum Gasteiger partial charge on any atom is -0.344 e. The smallest absolute Gasteiger partial charge is 0.250 e. The maximum Gasteiger partial charge on any atom is 0.250 e. The van der Waals surface area contributed by atoms with E-state index in [1.807, 2.05) is 16.7 Å². The molecule has 0 saturated heterocycles. The van der Waals surface area contributed by atoms with Gasteiger partial charge in [0.25, 0.3) is 5.56 Å². The fourth-order valence-electron chi connectivity index (χ4n) is 4.18. The van der Waals surface area contributed by atoms with Gasteiger partial charge >= 0.3 is 0 Å². The Balaban J connectivity index is 1.50. The maximum atomic E-state index is 12.0. The summed E-state index contributed by atoms with van der Waals surface area (Å²) >= 11 is 6.25. The number of pyridine rings is 1. The van der Waals surface area contributed by atoms with E-state index in [1.54, 1.807) is 6.07 Å². The van der Waals surface area contributed by atoms with Gasteiger partial charge in [-0.05, 0) is 48.6 Å². The number of hydrogen-bond donors (Lipinski definition) is 1. The normalized spacial score (nSPS) is 16.8. The first-order chi connectivity index (χ1) is 12.7. The van der Waals surface area contributed by atoms with Gasteiger partial charge in [0.05, 0.1) is 0 Å². The van der Waals surface area contributed by atoms with Crippen LogP contribution in [0, 0.1) is 0 Å². The van der Waals surface area contributed by atoms with Crippen molar-refractivity contribution in [3.63, 3.8) is 0 Å². The molecule has 4 nitrogen and oxygen atoms in total. The zero-order valence-corrected chi connectivity index (χ0v) is 15.4. The monoisotopic (exact) mass is 367 g/mol. The second-order valence-corrected chi connectivity index (χ2v) is 7.87. The molecular weight excluding hydrogens is 346 g/mol. The van der Waals surface area contributed by atoms with Gasteiger partial charge in [0.1, 0.15) is 0 Å². The van der Waals surface area contributed by atoms with Gasteiger partial charge in [-0.3, -0.25) is 4.79 Å². The minimum atomic E-state index is 0.126. The van der Waals surface area contributed by atoms with Crippen molar-refractivity contribution in [2.45, 2.75) is 44.8 Å². The topological polar surface area (TPSA) is 39.0 Å². The van der Waals surface area contributed by atoms with Crippen LogP contribution >= 0.6 is 11.6 Å². The van der Waals surface area contributed by atoms with Gasteiger partial charge < -0.3 is 14.5 Å². The average Bonchev–Trinajstić information content (AvgIpc) is 3.45. The highest BCUT2D eigenvalue weighted by Gasteiger charge is 2.24. The number of benzene rings is 1. The Kier molecular flexibility index (Phi) is 3.91. The van der Waals surface area contributed by atoms with Gasteiger partial charge in [-0.2, -0.15) is 0 Å². The molecule has 1 aromatic carbocycles. The molecular formula is C21H22ClN3O. The van der Waals surface area contributed by atoms with Crippen LogP contribution < -0.4 is 10.9 Å². The molecule has 3 heterocycles. The SMILES string of the molecule is O=c1ccc(CCn2c3c(c4cc(Cl)ccc42)CNCC3)cn1C1CC1. The number of rotatable bonds is 4. The van der Waals surface area contributed by atoms with Gasteiger partial charge in [0.2, 0.25) is 0 Å². The van der Waals surface area contributed by atoms with Crippen molar-refractivity contribution in [2.24, 2.45) is 0 Å². The second-order valence-electron chi connectivity index (χ2n) is 7.43. The van der Waals surface area contributed by atoms with Crippen LogP contribution in [0.15, 0.2) is 41.3 Å². The first-order valence-corrected chi connectivity index (χ1v) is 9.80. The summed E-state index contributed by atoms with van der Waals surface area (Å²) in [5.41, 5.74) is 5.43. The quantitative estimate of drug-likeness (QED) is 0.764. The molecule has 0 unspecified atom stereocenters. The van der Waals surface area contributed by atoms with Crippen molar-refractivity contribution in [3.8, 4) is 0 Å². The van der Waals surface area contributed by atoms with Gasteiger partial charge in [-0.15, -0.1) is 0 Å². The first kappa shape index (κ1) is 16.2. The molecule has 1 saturated carbocycles. The largest absolute Gasteiger partial charge is 0.344 e. The van der Waals surface area contributed by atoms with Crippen molar-refractivity contribution in [1.82, 2.24) is 14.5 Å². The van der Waals surface area contributed by atoms with Crippen LogP contribution in [0.1, 0.15) is 35.7 Å². The zero-order chi connectivity index (χ0) is 17.7. The minimum absolute atomic E-state index is 0.126. The molecule has 5 rings (SSSR count). The van der Waals surface area contributed by atoms with Gasteiger partial charge in [-0.25, -0.2) is 0 Å². The summed E-state index contributed by atoms with van der Waals surface area (Å²) in [5, 5.41) is 5.54. The van der Waals surface area contributed by atoms with Crippen LogP contribution in [-0.4, -0.2) is 15.7 Å². The van der Waals surface area contributed by atoms with E-state index in [2.05, 4.69) is 28.2 Å². The summed E-state index contributed by atoms with van der Waals surface area (Å²) in [7, 11) is 0. The second kappa shape index (κ2) is 6.29. The lowest BCUT2D eigenvalue weighted by Gasteiger charge is -2.17. The number of aromatic nitrogens is 2. The lowest BCUT2D eigenvalue weighted by molar-refractivity contribution is 0.592. The number of halogens is 1. The molecule has 2 aromatic heterocycles. The molecule has 0 spiro atoms.